The SMILES string of the molecule is CCn1ccc(-c2nnc(NS(=O)(=O)C(C)C(OC)c3cnc(C)cn3)n2-c2c(OC)cccc2OC)n1. The smallest absolute Gasteiger partial charge is 0.243 e. The summed E-state index contributed by atoms with van der Waals surface area (Å²) in [6.45, 7) is 5.91. The number of para-hydroxylation sites is 1. The zero-order valence-corrected chi connectivity index (χ0v) is 22.8. The third-order valence-electron chi connectivity index (χ3n) is 5.98. The predicted molar refractivity (Wildman–Crippen MR) is 140 cm³/mol. The number of sulfonamides is 1. The number of rotatable bonds is 11. The van der Waals surface area contributed by atoms with Gasteiger partial charge in [-0.15, -0.1) is 10.2 Å². The van der Waals surface area contributed by atoms with Gasteiger partial charge >= 0.3 is 0 Å². The minimum absolute atomic E-state index is 0.0782. The predicted octanol–water partition coefficient (Wildman–Crippen LogP) is 2.78. The van der Waals surface area contributed by atoms with Gasteiger partial charge < -0.3 is 14.2 Å². The lowest BCUT2D eigenvalue weighted by Gasteiger charge is -2.23. The van der Waals surface area contributed by atoms with Gasteiger partial charge in [0.15, 0.2) is 5.82 Å². The molecule has 0 spiro atoms. The van der Waals surface area contributed by atoms with Crippen molar-refractivity contribution >= 4 is 16.0 Å². The highest BCUT2D eigenvalue weighted by atomic mass is 32.2. The van der Waals surface area contributed by atoms with Gasteiger partial charge in [-0.1, -0.05) is 6.07 Å². The maximum atomic E-state index is 13.6. The highest BCUT2D eigenvalue weighted by Gasteiger charge is 2.34. The van der Waals surface area contributed by atoms with Crippen LogP contribution in [0, 0.1) is 6.92 Å². The van der Waals surface area contributed by atoms with Crippen LogP contribution in [-0.2, 0) is 21.3 Å². The molecule has 4 rings (SSSR count). The third-order valence-corrected chi connectivity index (χ3v) is 7.67. The maximum absolute atomic E-state index is 13.6. The molecule has 0 radical (unpaired) electrons. The Morgan fingerprint density at radius 2 is 1.74 bits per heavy atom. The molecule has 0 bridgehead atoms. The number of ether oxygens (including phenoxy) is 3. The summed E-state index contributed by atoms with van der Waals surface area (Å²) in [6.07, 6.45) is 3.96. The van der Waals surface area contributed by atoms with E-state index < -0.39 is 21.4 Å². The average molecular weight is 543 g/mol. The molecule has 2 unspecified atom stereocenters. The Hall–Kier alpha value is -4.04. The maximum Gasteiger partial charge on any atom is 0.243 e. The van der Waals surface area contributed by atoms with Crippen LogP contribution in [0.4, 0.5) is 5.95 Å². The molecule has 0 aliphatic carbocycles. The second-order valence-electron chi connectivity index (χ2n) is 8.34. The first-order valence-corrected chi connectivity index (χ1v) is 13.3. The first-order chi connectivity index (χ1) is 18.2. The van der Waals surface area contributed by atoms with Crippen LogP contribution < -0.4 is 14.2 Å². The quantitative estimate of drug-likeness (QED) is 0.300. The standard InChI is InChI=1S/C24H30N8O5S/c1-7-31-12-11-17(29-31)23-27-28-24(32(23)21-19(35-4)9-8-10-20(21)36-5)30-38(33,34)16(3)22(37-6)18-14-25-15(2)13-26-18/h8-14,16,22H,7H2,1-6H3,(H,28,30). The van der Waals surface area contributed by atoms with Gasteiger partial charge in [0, 0.05) is 26.0 Å². The number of anilines is 1. The summed E-state index contributed by atoms with van der Waals surface area (Å²) in [5.74, 6) is 1.04. The fraction of sp³-hybridized carbons (Fsp3) is 0.375. The molecule has 0 saturated heterocycles. The molecule has 4 aromatic rings. The van der Waals surface area contributed by atoms with E-state index in [9.17, 15) is 8.42 Å². The van der Waals surface area contributed by atoms with Crippen molar-refractivity contribution in [3.8, 4) is 28.7 Å². The summed E-state index contributed by atoms with van der Waals surface area (Å²) >= 11 is 0. The Balaban J connectivity index is 1.83. The molecule has 1 aromatic carbocycles. The Labute approximate surface area is 220 Å². The van der Waals surface area contributed by atoms with Crippen LogP contribution >= 0.6 is 0 Å². The first-order valence-electron chi connectivity index (χ1n) is 11.8. The number of hydrogen-bond acceptors (Lipinski definition) is 10. The second-order valence-corrected chi connectivity index (χ2v) is 10.4. The van der Waals surface area contributed by atoms with Gasteiger partial charge in [0.2, 0.25) is 16.0 Å². The van der Waals surface area contributed by atoms with Gasteiger partial charge in [-0.2, -0.15) is 5.10 Å². The number of aromatic nitrogens is 7. The number of nitrogens with one attached hydrogen (secondary N) is 1. The Morgan fingerprint density at radius 1 is 1.03 bits per heavy atom. The van der Waals surface area contributed by atoms with E-state index >= 15 is 0 Å². The van der Waals surface area contributed by atoms with Crippen LogP contribution in [0.2, 0.25) is 0 Å². The molecular formula is C24H30N8O5S. The van der Waals surface area contributed by atoms with E-state index in [1.165, 1.54) is 39.0 Å². The highest BCUT2D eigenvalue weighted by Crippen LogP contribution is 2.37. The van der Waals surface area contributed by atoms with E-state index in [4.69, 9.17) is 14.2 Å². The minimum Gasteiger partial charge on any atom is -0.494 e. The monoisotopic (exact) mass is 542 g/mol. The van der Waals surface area contributed by atoms with Crippen molar-refractivity contribution in [1.82, 2.24) is 34.5 Å². The summed E-state index contributed by atoms with van der Waals surface area (Å²) in [4.78, 5) is 8.51. The van der Waals surface area contributed by atoms with Crippen molar-refractivity contribution in [2.75, 3.05) is 26.1 Å². The summed E-state index contributed by atoms with van der Waals surface area (Å²) < 4.78 is 49.8. The van der Waals surface area contributed by atoms with Gasteiger partial charge in [0.1, 0.15) is 34.2 Å². The van der Waals surface area contributed by atoms with Gasteiger partial charge in [-0.3, -0.25) is 23.9 Å². The van der Waals surface area contributed by atoms with Crippen molar-refractivity contribution in [2.24, 2.45) is 0 Å². The third kappa shape index (κ3) is 5.17. The van der Waals surface area contributed by atoms with Crippen LogP contribution in [0.3, 0.4) is 0 Å². The van der Waals surface area contributed by atoms with E-state index in [0.717, 1.165) is 0 Å². The number of nitrogens with zero attached hydrogens (tertiary/aromatic N) is 7. The molecule has 38 heavy (non-hydrogen) atoms. The topological polar surface area (TPSA) is 148 Å². The fourth-order valence-electron chi connectivity index (χ4n) is 3.92. The lowest BCUT2D eigenvalue weighted by atomic mass is 10.2. The second kappa shape index (κ2) is 11.1. The molecular weight excluding hydrogens is 512 g/mol. The first kappa shape index (κ1) is 27.0. The van der Waals surface area contributed by atoms with Crippen LogP contribution in [0.1, 0.15) is 31.3 Å². The molecule has 1 N–H and O–H groups in total. The van der Waals surface area contributed by atoms with Gasteiger partial charge in [0.05, 0.1) is 31.8 Å². The van der Waals surface area contributed by atoms with Gasteiger partial charge in [0.25, 0.3) is 0 Å². The molecule has 0 saturated carbocycles. The van der Waals surface area contributed by atoms with E-state index in [-0.39, 0.29) is 11.8 Å². The molecule has 13 nitrogen and oxygen atoms in total. The summed E-state index contributed by atoms with van der Waals surface area (Å²) in [5, 5.41) is 11.9. The fourth-order valence-corrected chi connectivity index (χ4v) is 5.07. The molecule has 202 valence electrons. The highest BCUT2D eigenvalue weighted by molar-refractivity contribution is 7.93. The molecule has 0 fully saturated rings. The largest absolute Gasteiger partial charge is 0.494 e. The summed E-state index contributed by atoms with van der Waals surface area (Å²) in [5.41, 5.74) is 1.97. The molecule has 2 atom stereocenters. The number of aryl methyl sites for hydroxylation is 2. The molecule has 3 heterocycles. The lowest BCUT2D eigenvalue weighted by Crippen LogP contribution is -2.33. The average Bonchev–Trinajstić information content (AvgIpc) is 3.56. The van der Waals surface area contributed by atoms with E-state index in [0.29, 0.717) is 40.8 Å². The minimum atomic E-state index is -4.09. The van der Waals surface area contributed by atoms with Gasteiger partial charge in [-0.25, -0.2) is 8.42 Å². The van der Waals surface area contributed by atoms with Crippen molar-refractivity contribution in [2.45, 2.75) is 38.7 Å². The van der Waals surface area contributed by atoms with Crippen LogP contribution in [-0.4, -0.2) is 69.5 Å². The molecule has 0 amide bonds. The van der Waals surface area contributed by atoms with Crippen LogP contribution in [0.5, 0.6) is 11.5 Å². The molecule has 0 aliphatic heterocycles. The van der Waals surface area contributed by atoms with E-state index in [1.807, 2.05) is 6.92 Å². The van der Waals surface area contributed by atoms with Crippen molar-refractivity contribution in [3.05, 3.63) is 54.2 Å². The number of methoxy groups -OCH3 is 3. The summed E-state index contributed by atoms with van der Waals surface area (Å²) in [6, 6.07) is 6.98. The zero-order chi connectivity index (χ0) is 27.4. The van der Waals surface area contributed by atoms with E-state index in [1.54, 1.807) is 48.3 Å². The Bertz CT molecular complexity index is 1480. The Morgan fingerprint density at radius 3 is 2.29 bits per heavy atom. The van der Waals surface area contributed by atoms with Crippen LogP contribution in [0.25, 0.3) is 17.2 Å². The van der Waals surface area contributed by atoms with Crippen LogP contribution in [0.15, 0.2) is 42.9 Å². The molecule has 3 aromatic heterocycles. The molecule has 14 heteroatoms. The van der Waals surface area contributed by atoms with Gasteiger partial charge in [-0.05, 0) is 39.0 Å². The Kier molecular flexibility index (Phi) is 7.92. The van der Waals surface area contributed by atoms with E-state index in [2.05, 4.69) is 30.0 Å². The molecule has 0 aliphatic rings. The van der Waals surface area contributed by atoms with Crippen molar-refractivity contribution in [1.29, 1.82) is 0 Å². The lowest BCUT2D eigenvalue weighted by molar-refractivity contribution is 0.0985. The van der Waals surface area contributed by atoms with Crippen molar-refractivity contribution in [3.63, 3.8) is 0 Å². The number of benzene rings is 1. The number of hydrogen-bond donors (Lipinski definition) is 1. The zero-order valence-electron chi connectivity index (χ0n) is 22.0. The normalized spacial score (nSPS) is 13.2. The van der Waals surface area contributed by atoms with Crippen molar-refractivity contribution < 1.29 is 22.6 Å². The summed E-state index contributed by atoms with van der Waals surface area (Å²) in [7, 11) is 0.337.